The van der Waals surface area contributed by atoms with Gasteiger partial charge in [-0.25, -0.2) is 14.2 Å². The molecule has 0 fully saturated rings. The van der Waals surface area contributed by atoms with Gasteiger partial charge in [-0.1, -0.05) is 41.0 Å². The van der Waals surface area contributed by atoms with E-state index in [4.69, 9.17) is 23.2 Å². The molecular weight excluding hydrogens is 386 g/mol. The maximum Gasteiger partial charge on any atom is 0.354 e. The number of thioether (sulfide) groups is 1. The van der Waals surface area contributed by atoms with E-state index in [0.29, 0.717) is 26.5 Å². The van der Waals surface area contributed by atoms with Crippen molar-refractivity contribution >= 4 is 40.9 Å². The lowest BCUT2D eigenvalue weighted by atomic mass is 10.2. The minimum Gasteiger partial charge on any atom is -0.477 e. The van der Waals surface area contributed by atoms with Gasteiger partial charge >= 0.3 is 5.97 Å². The Kier molecular flexibility index (Phi) is 5.32. The Hall–Kier alpha value is -2.02. The summed E-state index contributed by atoms with van der Waals surface area (Å²) in [6.07, 6.45) is 1.27. The molecule has 0 spiro atoms. The second-order valence-electron chi connectivity index (χ2n) is 5.03. The number of carbonyl (C=O) groups is 1. The van der Waals surface area contributed by atoms with E-state index in [1.54, 1.807) is 30.3 Å². The number of aromatic nitrogens is 2. The third-order valence-corrected chi connectivity index (χ3v) is 5.03. The first-order chi connectivity index (χ1) is 12.0. The molecule has 0 bridgehead atoms. The van der Waals surface area contributed by atoms with Gasteiger partial charge in [0.05, 0.1) is 6.20 Å². The third kappa shape index (κ3) is 3.81. The average Bonchev–Trinajstić information content (AvgIpc) is 2.99. The van der Waals surface area contributed by atoms with Crippen molar-refractivity contribution in [3.63, 3.8) is 0 Å². The fraction of sp³-hybridized carbons (Fsp3) is 0.0588. The first-order valence-corrected chi connectivity index (χ1v) is 8.84. The summed E-state index contributed by atoms with van der Waals surface area (Å²) in [6, 6.07) is 11.2. The molecule has 1 heterocycles. The molecule has 3 rings (SSSR count). The first-order valence-electron chi connectivity index (χ1n) is 7.10. The van der Waals surface area contributed by atoms with E-state index in [1.165, 1.54) is 34.7 Å². The van der Waals surface area contributed by atoms with Crippen LogP contribution in [-0.4, -0.2) is 20.6 Å². The summed E-state index contributed by atoms with van der Waals surface area (Å²) < 4.78 is 15.4. The van der Waals surface area contributed by atoms with Crippen molar-refractivity contribution in [3.8, 4) is 5.69 Å². The van der Waals surface area contributed by atoms with Crippen molar-refractivity contribution in [3.05, 3.63) is 75.8 Å². The number of carboxylic acids is 1. The fourth-order valence-electron chi connectivity index (χ4n) is 2.23. The Labute approximate surface area is 157 Å². The van der Waals surface area contributed by atoms with Crippen LogP contribution in [-0.2, 0) is 5.75 Å². The molecule has 128 valence electrons. The van der Waals surface area contributed by atoms with Crippen LogP contribution in [0, 0.1) is 5.82 Å². The molecule has 1 aromatic heterocycles. The summed E-state index contributed by atoms with van der Waals surface area (Å²) in [5.74, 6) is -1.31. The molecule has 0 saturated carbocycles. The topological polar surface area (TPSA) is 55.1 Å². The molecule has 0 radical (unpaired) electrons. The maximum absolute atomic E-state index is 13.9. The highest BCUT2D eigenvalue weighted by Crippen LogP contribution is 2.30. The Morgan fingerprint density at radius 1 is 1.20 bits per heavy atom. The molecule has 3 aromatic rings. The summed E-state index contributed by atoms with van der Waals surface area (Å²) in [5.41, 5.74) is 0.947. The molecule has 0 amide bonds. The SMILES string of the molecule is O=C(O)c1cnc(SCc2c(F)cccc2Cl)n1-c1ccc(Cl)cc1. The molecule has 8 heteroatoms. The summed E-state index contributed by atoms with van der Waals surface area (Å²) in [7, 11) is 0. The number of nitrogens with zero attached hydrogens (tertiary/aromatic N) is 2. The number of carboxylic acid groups (broad SMARTS) is 1. The average molecular weight is 397 g/mol. The van der Waals surface area contributed by atoms with E-state index in [2.05, 4.69) is 4.98 Å². The molecule has 1 N–H and O–H groups in total. The summed E-state index contributed by atoms with van der Waals surface area (Å²) in [6.45, 7) is 0. The highest BCUT2D eigenvalue weighted by atomic mass is 35.5. The van der Waals surface area contributed by atoms with Crippen molar-refractivity contribution in [1.82, 2.24) is 9.55 Å². The maximum atomic E-state index is 13.9. The van der Waals surface area contributed by atoms with Crippen molar-refractivity contribution in [1.29, 1.82) is 0 Å². The Morgan fingerprint density at radius 3 is 2.56 bits per heavy atom. The molecule has 0 atom stereocenters. The molecule has 0 aliphatic carbocycles. The van der Waals surface area contributed by atoms with Gasteiger partial charge in [-0.15, -0.1) is 0 Å². The molecule has 0 unspecified atom stereocenters. The highest BCUT2D eigenvalue weighted by molar-refractivity contribution is 7.98. The Bertz CT molecular complexity index is 909. The minimum atomic E-state index is -1.11. The van der Waals surface area contributed by atoms with Crippen LogP contribution >= 0.6 is 35.0 Å². The molecule has 25 heavy (non-hydrogen) atoms. The second-order valence-corrected chi connectivity index (χ2v) is 6.82. The van der Waals surface area contributed by atoms with Crippen molar-refractivity contribution in [2.45, 2.75) is 10.9 Å². The Morgan fingerprint density at radius 2 is 1.92 bits per heavy atom. The zero-order valence-corrected chi connectivity index (χ0v) is 14.9. The van der Waals surface area contributed by atoms with E-state index in [-0.39, 0.29) is 11.4 Å². The molecule has 2 aromatic carbocycles. The van der Waals surface area contributed by atoms with E-state index < -0.39 is 11.8 Å². The van der Waals surface area contributed by atoms with Gasteiger partial charge in [-0.05, 0) is 36.4 Å². The first kappa shape index (κ1) is 17.8. The van der Waals surface area contributed by atoms with Crippen LogP contribution in [0.5, 0.6) is 0 Å². The van der Waals surface area contributed by atoms with E-state index in [1.807, 2.05) is 0 Å². The standard InChI is InChI=1S/C17H11Cl2FN2O2S/c18-10-4-6-11(7-5-10)22-15(16(23)24)8-21-17(22)25-9-12-13(19)2-1-3-14(12)20/h1-8H,9H2,(H,23,24). The summed E-state index contributed by atoms with van der Waals surface area (Å²) in [4.78, 5) is 15.6. The number of rotatable bonds is 5. The van der Waals surface area contributed by atoms with Crippen LogP contribution in [0.4, 0.5) is 4.39 Å². The summed E-state index contributed by atoms with van der Waals surface area (Å²) in [5, 5.41) is 10.7. The number of benzene rings is 2. The normalized spacial score (nSPS) is 10.8. The Balaban J connectivity index is 1.97. The van der Waals surface area contributed by atoms with Crippen LogP contribution in [0.3, 0.4) is 0 Å². The molecule has 0 aliphatic rings. The van der Waals surface area contributed by atoms with Crippen LogP contribution in [0.1, 0.15) is 16.1 Å². The van der Waals surface area contributed by atoms with Crippen LogP contribution in [0.15, 0.2) is 53.8 Å². The van der Waals surface area contributed by atoms with E-state index in [0.717, 1.165) is 0 Å². The summed E-state index contributed by atoms with van der Waals surface area (Å²) >= 11 is 13.1. The fourth-order valence-corrected chi connectivity index (χ4v) is 3.70. The van der Waals surface area contributed by atoms with Gasteiger partial charge in [0.2, 0.25) is 0 Å². The number of hydrogen-bond acceptors (Lipinski definition) is 3. The predicted octanol–water partition coefficient (Wildman–Crippen LogP) is 5.31. The van der Waals surface area contributed by atoms with Crippen LogP contribution in [0.2, 0.25) is 10.0 Å². The van der Waals surface area contributed by atoms with Gasteiger partial charge in [-0.2, -0.15) is 0 Å². The van der Waals surface area contributed by atoms with Crippen molar-refractivity contribution < 1.29 is 14.3 Å². The van der Waals surface area contributed by atoms with Gasteiger partial charge in [0, 0.05) is 27.0 Å². The van der Waals surface area contributed by atoms with Gasteiger partial charge in [0.1, 0.15) is 5.82 Å². The predicted molar refractivity (Wildman–Crippen MR) is 96.5 cm³/mol. The number of halogens is 3. The van der Waals surface area contributed by atoms with E-state index >= 15 is 0 Å². The highest BCUT2D eigenvalue weighted by Gasteiger charge is 2.18. The van der Waals surface area contributed by atoms with E-state index in [9.17, 15) is 14.3 Å². The van der Waals surface area contributed by atoms with Crippen molar-refractivity contribution in [2.75, 3.05) is 0 Å². The zero-order chi connectivity index (χ0) is 18.0. The van der Waals surface area contributed by atoms with Crippen molar-refractivity contribution in [2.24, 2.45) is 0 Å². The quantitative estimate of drug-likeness (QED) is 0.593. The molecule has 0 aliphatic heterocycles. The minimum absolute atomic E-state index is 0.00412. The monoisotopic (exact) mass is 396 g/mol. The molecule has 4 nitrogen and oxygen atoms in total. The van der Waals surface area contributed by atoms with Gasteiger partial charge < -0.3 is 5.11 Å². The zero-order valence-electron chi connectivity index (χ0n) is 12.6. The molecular formula is C17H11Cl2FN2O2S. The smallest absolute Gasteiger partial charge is 0.354 e. The van der Waals surface area contributed by atoms with Gasteiger partial charge in [0.25, 0.3) is 0 Å². The second kappa shape index (κ2) is 7.47. The number of imidazole rings is 1. The lowest BCUT2D eigenvalue weighted by Crippen LogP contribution is -2.07. The van der Waals surface area contributed by atoms with Crippen LogP contribution < -0.4 is 0 Å². The molecule has 0 saturated heterocycles. The van der Waals surface area contributed by atoms with Gasteiger partial charge in [0.15, 0.2) is 10.9 Å². The lowest BCUT2D eigenvalue weighted by Gasteiger charge is -2.11. The lowest BCUT2D eigenvalue weighted by molar-refractivity contribution is 0.0687. The largest absolute Gasteiger partial charge is 0.477 e. The van der Waals surface area contributed by atoms with Gasteiger partial charge in [-0.3, -0.25) is 4.57 Å². The number of aromatic carboxylic acids is 1. The third-order valence-electron chi connectivity index (χ3n) is 3.44. The number of hydrogen-bond donors (Lipinski definition) is 1. The van der Waals surface area contributed by atoms with Crippen LogP contribution in [0.25, 0.3) is 5.69 Å².